The van der Waals surface area contributed by atoms with Crippen LogP contribution in [0.25, 0.3) is 0 Å². The van der Waals surface area contributed by atoms with E-state index in [2.05, 4.69) is 38.2 Å². The lowest BCUT2D eigenvalue weighted by atomic mass is 9.87. The highest BCUT2D eigenvalue weighted by molar-refractivity contribution is 7.99. The number of benzene rings is 1. The van der Waals surface area contributed by atoms with Crippen LogP contribution in [0.5, 0.6) is 5.75 Å². The number of hydrogen-bond acceptors (Lipinski definition) is 4. The Balaban J connectivity index is 1.67. The Morgan fingerprint density at radius 1 is 1.20 bits per heavy atom. The topological polar surface area (TPSA) is 65.3 Å². The maximum absolute atomic E-state index is 11.8. The maximum atomic E-state index is 11.8. The Hall–Kier alpha value is -2.21. The Kier molecular flexibility index (Phi) is 6.70. The van der Waals surface area contributed by atoms with Gasteiger partial charge in [-0.15, -0.1) is 0 Å². The van der Waals surface area contributed by atoms with Crippen LogP contribution in [0.2, 0.25) is 0 Å². The summed E-state index contributed by atoms with van der Waals surface area (Å²) < 4.78 is 6.38. The van der Waals surface area contributed by atoms with Gasteiger partial charge in [-0.3, -0.25) is 4.79 Å². The van der Waals surface area contributed by atoms with Crippen LogP contribution in [-0.2, 0) is 10.2 Å². The summed E-state index contributed by atoms with van der Waals surface area (Å²) in [5.74, 6) is 0.862. The molecule has 5 nitrogen and oxygen atoms in total. The second-order valence-electron chi connectivity index (χ2n) is 6.63. The number of aromatic nitrogens is 1. The summed E-state index contributed by atoms with van der Waals surface area (Å²) in [4.78, 5) is 11.8. The third-order valence-corrected chi connectivity index (χ3v) is 4.57. The van der Waals surface area contributed by atoms with Crippen LogP contribution >= 0.6 is 11.8 Å². The lowest BCUT2D eigenvalue weighted by Gasteiger charge is -2.19. The number of ether oxygens (including phenoxy) is 1. The van der Waals surface area contributed by atoms with Crippen molar-refractivity contribution in [3.8, 4) is 5.75 Å². The first-order valence-corrected chi connectivity index (χ1v) is 9.16. The number of hydrogen-bond donors (Lipinski definition) is 1. The zero-order valence-electron chi connectivity index (χ0n) is 14.8. The predicted molar refractivity (Wildman–Crippen MR) is 99.8 cm³/mol. The van der Waals surface area contributed by atoms with Gasteiger partial charge in [0, 0.05) is 12.1 Å². The molecule has 0 saturated carbocycles. The molecule has 0 saturated heterocycles. The van der Waals surface area contributed by atoms with E-state index in [4.69, 9.17) is 4.74 Å². The summed E-state index contributed by atoms with van der Waals surface area (Å²) in [6.45, 7) is 7.32. The SMILES string of the molecule is CC(C)(C)c1ccc(OCCNC(=O)CSc2cccc[n+]2[O-])cc1. The first kappa shape index (κ1) is 19.1. The summed E-state index contributed by atoms with van der Waals surface area (Å²) >= 11 is 1.21. The van der Waals surface area contributed by atoms with Gasteiger partial charge >= 0.3 is 0 Å². The lowest BCUT2D eigenvalue weighted by Crippen LogP contribution is -2.31. The molecule has 0 unspecified atom stereocenters. The summed E-state index contributed by atoms with van der Waals surface area (Å²) in [6.07, 6.45) is 1.42. The van der Waals surface area contributed by atoms with Crippen LogP contribution in [0.15, 0.2) is 53.7 Å². The fraction of sp³-hybridized carbons (Fsp3) is 0.368. The van der Waals surface area contributed by atoms with Gasteiger partial charge in [-0.1, -0.05) is 32.9 Å². The normalized spacial score (nSPS) is 11.2. The molecule has 2 aromatic rings. The number of thioether (sulfide) groups is 1. The number of nitrogens with zero attached hydrogens (tertiary/aromatic N) is 1. The molecule has 1 N–H and O–H groups in total. The average Bonchev–Trinajstić information content (AvgIpc) is 2.57. The quantitative estimate of drug-likeness (QED) is 0.357. The minimum Gasteiger partial charge on any atom is -0.618 e. The van der Waals surface area contributed by atoms with Crippen LogP contribution in [0.4, 0.5) is 0 Å². The minimum absolute atomic E-state index is 0.116. The van der Waals surface area contributed by atoms with Crippen molar-refractivity contribution in [2.45, 2.75) is 31.2 Å². The lowest BCUT2D eigenvalue weighted by molar-refractivity contribution is -0.645. The van der Waals surface area contributed by atoms with E-state index in [1.54, 1.807) is 18.2 Å². The Bertz CT molecular complexity index is 697. The second kappa shape index (κ2) is 8.76. The Morgan fingerprint density at radius 2 is 1.92 bits per heavy atom. The smallest absolute Gasteiger partial charge is 0.251 e. The second-order valence-corrected chi connectivity index (χ2v) is 7.62. The molecule has 0 fully saturated rings. The van der Waals surface area contributed by atoms with Crippen LogP contribution in [0, 0.1) is 5.21 Å². The van der Waals surface area contributed by atoms with Crippen LogP contribution in [-0.4, -0.2) is 24.8 Å². The van der Waals surface area contributed by atoms with E-state index in [1.165, 1.54) is 23.5 Å². The van der Waals surface area contributed by atoms with E-state index in [-0.39, 0.29) is 17.1 Å². The molecule has 0 atom stereocenters. The van der Waals surface area contributed by atoms with Crippen molar-refractivity contribution in [3.05, 3.63) is 59.4 Å². The van der Waals surface area contributed by atoms with Crippen molar-refractivity contribution in [3.63, 3.8) is 0 Å². The highest BCUT2D eigenvalue weighted by Crippen LogP contribution is 2.24. The molecule has 1 aromatic heterocycles. The minimum atomic E-state index is -0.125. The zero-order chi connectivity index (χ0) is 18.3. The number of rotatable bonds is 7. The number of pyridine rings is 1. The molecule has 0 aliphatic heterocycles. The summed E-state index contributed by atoms with van der Waals surface area (Å²) in [7, 11) is 0. The van der Waals surface area contributed by atoms with Crippen molar-refractivity contribution in [2.75, 3.05) is 18.9 Å². The van der Waals surface area contributed by atoms with E-state index in [9.17, 15) is 10.0 Å². The molecule has 1 heterocycles. The van der Waals surface area contributed by atoms with Gasteiger partial charge in [-0.25, -0.2) is 0 Å². The van der Waals surface area contributed by atoms with Crippen molar-refractivity contribution in [1.82, 2.24) is 5.32 Å². The van der Waals surface area contributed by atoms with E-state index in [1.807, 2.05) is 12.1 Å². The molecule has 25 heavy (non-hydrogen) atoms. The molecule has 0 radical (unpaired) electrons. The van der Waals surface area contributed by atoms with Crippen LogP contribution in [0.1, 0.15) is 26.3 Å². The van der Waals surface area contributed by atoms with Crippen molar-refractivity contribution in [2.24, 2.45) is 0 Å². The molecule has 6 heteroatoms. The van der Waals surface area contributed by atoms with Crippen molar-refractivity contribution in [1.29, 1.82) is 0 Å². The van der Waals surface area contributed by atoms with Gasteiger partial charge in [0.15, 0.2) is 6.20 Å². The molecule has 0 bridgehead atoms. The van der Waals surface area contributed by atoms with E-state index in [0.717, 1.165) is 10.5 Å². The molecule has 0 aliphatic carbocycles. The summed E-state index contributed by atoms with van der Waals surface area (Å²) in [6, 6.07) is 13.1. The number of nitrogens with one attached hydrogen (secondary N) is 1. The van der Waals surface area contributed by atoms with E-state index < -0.39 is 0 Å². The van der Waals surface area contributed by atoms with Crippen molar-refractivity contribution >= 4 is 17.7 Å². The molecular formula is C19H24N2O3S. The third-order valence-electron chi connectivity index (χ3n) is 3.55. The van der Waals surface area contributed by atoms with Gasteiger partial charge in [0.25, 0.3) is 5.03 Å². The van der Waals surface area contributed by atoms with Crippen molar-refractivity contribution < 1.29 is 14.3 Å². The first-order chi connectivity index (χ1) is 11.9. The van der Waals surface area contributed by atoms with Gasteiger partial charge < -0.3 is 15.3 Å². The molecule has 134 valence electrons. The Labute approximate surface area is 153 Å². The first-order valence-electron chi connectivity index (χ1n) is 8.17. The van der Waals surface area contributed by atoms with Gasteiger partial charge in [-0.05, 0) is 40.9 Å². The van der Waals surface area contributed by atoms with E-state index >= 15 is 0 Å². The predicted octanol–water partition coefficient (Wildman–Crippen LogP) is 2.90. The van der Waals surface area contributed by atoms with Gasteiger partial charge in [0.1, 0.15) is 12.4 Å². The maximum Gasteiger partial charge on any atom is 0.251 e. The van der Waals surface area contributed by atoms with Crippen LogP contribution < -0.4 is 14.8 Å². The fourth-order valence-electron chi connectivity index (χ4n) is 2.13. The number of carbonyl (C=O) groups is 1. The van der Waals surface area contributed by atoms with Crippen LogP contribution in [0.3, 0.4) is 0 Å². The zero-order valence-corrected chi connectivity index (χ0v) is 15.6. The van der Waals surface area contributed by atoms with E-state index in [0.29, 0.717) is 18.2 Å². The molecule has 0 spiro atoms. The largest absolute Gasteiger partial charge is 0.618 e. The summed E-state index contributed by atoms with van der Waals surface area (Å²) in [5, 5.41) is 14.8. The standard InChI is InChI=1S/C19H24N2O3S/c1-19(2,3)15-7-9-16(10-8-15)24-13-11-20-17(22)14-25-18-6-4-5-12-21(18)23/h4-10,12H,11,13-14H2,1-3H3,(H,20,22). The molecule has 1 aromatic carbocycles. The highest BCUT2D eigenvalue weighted by atomic mass is 32.2. The Morgan fingerprint density at radius 3 is 2.56 bits per heavy atom. The molecular weight excluding hydrogens is 336 g/mol. The number of amides is 1. The molecule has 2 rings (SSSR count). The highest BCUT2D eigenvalue weighted by Gasteiger charge is 2.13. The summed E-state index contributed by atoms with van der Waals surface area (Å²) in [5.41, 5.74) is 1.37. The molecule has 1 amide bonds. The number of carbonyl (C=O) groups excluding carboxylic acids is 1. The van der Waals surface area contributed by atoms with Gasteiger partial charge in [0.05, 0.1) is 12.3 Å². The fourth-order valence-corrected chi connectivity index (χ4v) is 2.87. The van der Waals surface area contributed by atoms with Gasteiger partial charge in [-0.2, -0.15) is 4.73 Å². The third kappa shape index (κ3) is 6.31. The monoisotopic (exact) mass is 360 g/mol. The molecule has 0 aliphatic rings. The average molecular weight is 360 g/mol. The van der Waals surface area contributed by atoms with Gasteiger partial charge in [0.2, 0.25) is 5.91 Å².